The van der Waals surface area contributed by atoms with Crippen molar-refractivity contribution >= 4 is 34.6 Å². The van der Waals surface area contributed by atoms with E-state index >= 15 is 0 Å². The van der Waals surface area contributed by atoms with Crippen molar-refractivity contribution in [2.45, 2.75) is 6.54 Å². The molecule has 3 aromatic rings. The number of anilines is 1. The molecule has 3 N–H and O–H groups in total. The van der Waals surface area contributed by atoms with Crippen LogP contribution < -0.4 is 11.1 Å². The zero-order valence-electron chi connectivity index (χ0n) is 12.5. The van der Waals surface area contributed by atoms with E-state index in [1.807, 2.05) is 0 Å². The third-order valence-corrected chi connectivity index (χ3v) is 4.04. The van der Waals surface area contributed by atoms with Gasteiger partial charge in [0.2, 0.25) is 5.91 Å². The van der Waals surface area contributed by atoms with E-state index in [1.165, 1.54) is 0 Å². The van der Waals surface area contributed by atoms with Gasteiger partial charge in [0, 0.05) is 12.2 Å². The zero-order valence-corrected chi connectivity index (χ0v) is 12.5. The Morgan fingerprint density at radius 1 is 1.00 bits per heavy atom. The van der Waals surface area contributed by atoms with Gasteiger partial charge in [0.05, 0.1) is 11.1 Å². The van der Waals surface area contributed by atoms with Gasteiger partial charge in [-0.15, -0.1) is 0 Å². The number of hydrogen-bond donors (Lipinski definition) is 2. The topological polar surface area (TPSA) is 106 Å². The third-order valence-electron chi connectivity index (χ3n) is 4.04. The van der Waals surface area contributed by atoms with Crippen molar-refractivity contribution in [3.05, 3.63) is 53.1 Å². The number of rotatable bonds is 4. The van der Waals surface area contributed by atoms with Gasteiger partial charge >= 0.3 is 0 Å². The van der Waals surface area contributed by atoms with Crippen molar-refractivity contribution in [3.8, 4) is 0 Å². The van der Waals surface area contributed by atoms with Crippen LogP contribution in [0.5, 0.6) is 0 Å². The second-order valence-electron chi connectivity index (χ2n) is 5.63. The number of carbonyl (C=O) groups is 3. The van der Waals surface area contributed by atoms with Gasteiger partial charge < -0.3 is 15.5 Å². The number of carbonyl (C=O) groups excluding carboxylic acids is 3. The molecule has 2 aromatic heterocycles. The highest BCUT2D eigenvalue weighted by Crippen LogP contribution is 2.35. The molecule has 24 heavy (non-hydrogen) atoms. The molecule has 1 aliphatic rings. The minimum absolute atomic E-state index is 0.254. The summed E-state index contributed by atoms with van der Waals surface area (Å²) >= 11 is 0. The van der Waals surface area contributed by atoms with Crippen molar-refractivity contribution in [1.82, 2.24) is 10.2 Å². The van der Waals surface area contributed by atoms with E-state index in [-0.39, 0.29) is 17.7 Å². The van der Waals surface area contributed by atoms with E-state index in [2.05, 4.69) is 5.32 Å². The Morgan fingerprint density at radius 2 is 1.58 bits per heavy atom. The Kier molecular flexibility index (Phi) is 3.02. The second-order valence-corrected chi connectivity index (χ2v) is 5.63. The first-order chi connectivity index (χ1) is 11.5. The number of nitrogens with zero attached hydrogens (tertiary/aromatic N) is 1. The van der Waals surface area contributed by atoms with E-state index in [9.17, 15) is 14.4 Å². The van der Waals surface area contributed by atoms with Crippen LogP contribution in [0.1, 0.15) is 26.3 Å². The van der Waals surface area contributed by atoms with Gasteiger partial charge in [-0.2, -0.15) is 0 Å². The Morgan fingerprint density at radius 3 is 2.17 bits per heavy atom. The lowest BCUT2D eigenvalue weighted by Gasteiger charge is -2.14. The van der Waals surface area contributed by atoms with Crippen LogP contribution in [0.25, 0.3) is 11.2 Å². The number of furan rings is 2. The maximum Gasteiger partial charge on any atom is 0.265 e. The van der Waals surface area contributed by atoms with Crippen LogP contribution in [0.15, 0.2) is 40.8 Å². The SMILES string of the molecule is Nc1ccc(CNC(=O)CN2C(=O)c3c(c4ccc3o4)C2=O)cc1. The van der Waals surface area contributed by atoms with Gasteiger partial charge in [-0.05, 0) is 29.8 Å². The molecule has 7 nitrogen and oxygen atoms in total. The van der Waals surface area contributed by atoms with Crippen LogP contribution in [0.2, 0.25) is 0 Å². The maximum atomic E-state index is 12.3. The molecule has 0 fully saturated rings. The summed E-state index contributed by atoms with van der Waals surface area (Å²) in [5.74, 6) is -1.40. The van der Waals surface area contributed by atoms with Gasteiger partial charge in [-0.25, -0.2) is 0 Å². The Bertz CT molecular complexity index is 913. The van der Waals surface area contributed by atoms with E-state index in [4.69, 9.17) is 10.2 Å². The predicted molar refractivity (Wildman–Crippen MR) is 85.5 cm³/mol. The molecule has 0 radical (unpaired) electrons. The van der Waals surface area contributed by atoms with Gasteiger partial charge in [0.1, 0.15) is 17.7 Å². The molecular weight excluding hydrogens is 310 g/mol. The van der Waals surface area contributed by atoms with E-state index in [0.717, 1.165) is 10.5 Å². The minimum atomic E-state index is -0.494. The fourth-order valence-corrected chi connectivity index (χ4v) is 2.82. The first-order valence-corrected chi connectivity index (χ1v) is 7.37. The van der Waals surface area contributed by atoms with Gasteiger partial charge in [0.25, 0.3) is 11.8 Å². The predicted octanol–water partition coefficient (Wildman–Crippen LogP) is 1.37. The number of fused-ring (bicyclic) bond motifs is 5. The van der Waals surface area contributed by atoms with Crippen LogP contribution in [0, 0.1) is 0 Å². The normalized spacial score (nSPS) is 13.8. The number of nitrogens with one attached hydrogen (secondary N) is 1. The Labute approximate surface area is 136 Å². The molecule has 0 unspecified atom stereocenters. The molecule has 120 valence electrons. The number of imide groups is 1. The zero-order chi connectivity index (χ0) is 16.8. The summed E-state index contributed by atoms with van der Waals surface area (Å²) < 4.78 is 5.32. The van der Waals surface area contributed by atoms with Crippen molar-refractivity contribution in [2.24, 2.45) is 0 Å². The summed E-state index contributed by atoms with van der Waals surface area (Å²) in [6, 6.07) is 10.4. The molecule has 0 spiro atoms. The number of hydrogen-bond acceptors (Lipinski definition) is 5. The van der Waals surface area contributed by atoms with E-state index in [1.54, 1.807) is 36.4 Å². The minimum Gasteiger partial charge on any atom is -0.456 e. The highest BCUT2D eigenvalue weighted by Gasteiger charge is 2.42. The van der Waals surface area contributed by atoms with Gasteiger partial charge in [-0.1, -0.05) is 12.1 Å². The van der Waals surface area contributed by atoms with Crippen molar-refractivity contribution in [2.75, 3.05) is 12.3 Å². The first-order valence-electron chi connectivity index (χ1n) is 7.37. The summed E-state index contributed by atoms with van der Waals surface area (Å²) in [6.07, 6.45) is 0. The average molecular weight is 323 g/mol. The molecule has 0 aliphatic carbocycles. The fraction of sp³-hybridized carbons (Fsp3) is 0.118. The lowest BCUT2D eigenvalue weighted by Crippen LogP contribution is -2.40. The average Bonchev–Trinajstić information content (AvgIpc) is 3.24. The lowest BCUT2D eigenvalue weighted by molar-refractivity contribution is -0.121. The molecule has 1 aromatic carbocycles. The van der Waals surface area contributed by atoms with Crippen LogP contribution in [-0.4, -0.2) is 29.2 Å². The van der Waals surface area contributed by atoms with Gasteiger partial charge in [0.15, 0.2) is 0 Å². The smallest absolute Gasteiger partial charge is 0.265 e. The summed E-state index contributed by atoms with van der Waals surface area (Å²) in [5, 5.41) is 2.69. The highest BCUT2D eigenvalue weighted by atomic mass is 16.3. The number of nitrogen functional groups attached to an aromatic ring is 1. The van der Waals surface area contributed by atoms with Crippen molar-refractivity contribution in [3.63, 3.8) is 0 Å². The fourth-order valence-electron chi connectivity index (χ4n) is 2.82. The maximum absolute atomic E-state index is 12.3. The second kappa shape index (κ2) is 5.09. The monoisotopic (exact) mass is 323 g/mol. The molecular formula is C17H13N3O4. The lowest BCUT2D eigenvalue weighted by atomic mass is 10.1. The molecule has 7 heteroatoms. The standard InChI is InChI=1S/C17H13N3O4/c18-10-3-1-9(2-4-10)7-19-13(21)8-20-16(22)14-11-5-6-12(24-11)15(14)17(20)23/h1-6H,7-8,18H2,(H,19,21). The molecule has 3 amide bonds. The summed E-state index contributed by atoms with van der Waals surface area (Å²) in [6.45, 7) is -0.0257. The number of nitrogens with two attached hydrogens (primary N) is 1. The van der Waals surface area contributed by atoms with Crippen LogP contribution in [-0.2, 0) is 11.3 Å². The summed E-state index contributed by atoms with van der Waals surface area (Å²) in [7, 11) is 0. The summed E-state index contributed by atoms with van der Waals surface area (Å²) in [4.78, 5) is 37.7. The number of amides is 3. The van der Waals surface area contributed by atoms with Crippen LogP contribution in [0.3, 0.4) is 0 Å². The van der Waals surface area contributed by atoms with Crippen LogP contribution >= 0.6 is 0 Å². The first kappa shape index (κ1) is 14.3. The Hall–Kier alpha value is -3.35. The largest absolute Gasteiger partial charge is 0.456 e. The molecule has 0 atom stereocenters. The van der Waals surface area contributed by atoms with Crippen molar-refractivity contribution in [1.29, 1.82) is 0 Å². The molecule has 4 rings (SSSR count). The Balaban J connectivity index is 1.43. The molecule has 2 bridgehead atoms. The molecule has 3 heterocycles. The quantitative estimate of drug-likeness (QED) is 0.557. The number of benzene rings is 2. The summed E-state index contributed by atoms with van der Waals surface area (Å²) in [5.41, 5.74) is 8.38. The molecule has 0 saturated heterocycles. The van der Waals surface area contributed by atoms with E-state index < -0.39 is 17.7 Å². The van der Waals surface area contributed by atoms with E-state index in [0.29, 0.717) is 23.4 Å². The van der Waals surface area contributed by atoms with Crippen molar-refractivity contribution < 1.29 is 18.8 Å². The van der Waals surface area contributed by atoms with Gasteiger partial charge in [-0.3, -0.25) is 19.3 Å². The third kappa shape index (κ3) is 2.10. The van der Waals surface area contributed by atoms with Crippen LogP contribution in [0.4, 0.5) is 5.69 Å². The highest BCUT2D eigenvalue weighted by molar-refractivity contribution is 6.28. The molecule has 0 saturated carbocycles. The molecule has 1 aliphatic heterocycles.